The van der Waals surface area contributed by atoms with Crippen molar-refractivity contribution in [2.75, 3.05) is 0 Å². The Morgan fingerprint density at radius 1 is 1.04 bits per heavy atom. The van der Waals surface area contributed by atoms with Crippen LogP contribution in [0.25, 0.3) is 0 Å². The van der Waals surface area contributed by atoms with Crippen molar-refractivity contribution in [3.63, 3.8) is 0 Å². The van der Waals surface area contributed by atoms with Gasteiger partial charge in [0.1, 0.15) is 6.61 Å². The van der Waals surface area contributed by atoms with Crippen LogP contribution in [-0.2, 0) is 19.7 Å². The van der Waals surface area contributed by atoms with Crippen LogP contribution in [0.4, 0.5) is 0 Å². The Kier molecular flexibility index (Phi) is 7.50. The summed E-state index contributed by atoms with van der Waals surface area (Å²) in [5, 5.41) is 0. The lowest BCUT2D eigenvalue weighted by molar-refractivity contribution is 0.291. The molecule has 1 heterocycles. The minimum absolute atomic E-state index is 0.225. The first kappa shape index (κ1) is 19.5. The zero-order valence-corrected chi connectivity index (χ0v) is 16.4. The second-order valence-corrected chi connectivity index (χ2v) is 6.87. The molecule has 0 aliphatic rings. The maximum absolute atomic E-state index is 12.6. The fourth-order valence-electron chi connectivity index (χ4n) is 2.50. The number of aryl methyl sites for hydroxylation is 1. The Morgan fingerprint density at radius 3 is 2.40 bits per heavy atom. The highest BCUT2D eigenvalue weighted by Crippen LogP contribution is 2.17. The van der Waals surface area contributed by atoms with Crippen molar-refractivity contribution < 1.29 is 4.74 Å². The largest absolute Gasteiger partial charge is 0.482 e. The number of hydrogen-bond acceptors (Lipinski definition) is 3. The number of ether oxygens (including phenoxy) is 1. The molecule has 0 atom stereocenters. The number of rotatable bonds is 9. The summed E-state index contributed by atoms with van der Waals surface area (Å²) in [5.41, 5.74) is 0.353. The van der Waals surface area contributed by atoms with E-state index in [0.717, 1.165) is 35.7 Å². The van der Waals surface area contributed by atoms with Crippen LogP contribution >= 0.6 is 15.9 Å². The summed E-state index contributed by atoms with van der Waals surface area (Å²) in [6.07, 6.45) is 5.13. The summed E-state index contributed by atoms with van der Waals surface area (Å²) in [4.78, 5) is 25.2. The number of aromatic nitrogens is 2. The maximum atomic E-state index is 12.6. The minimum atomic E-state index is -0.349. The molecule has 5 nitrogen and oxygen atoms in total. The molecule has 0 aliphatic carbocycles. The Bertz CT molecular complexity index is 811. The normalized spacial score (nSPS) is 10.8. The Balaban J connectivity index is 2.33. The highest BCUT2D eigenvalue weighted by atomic mass is 79.9. The molecule has 2 rings (SSSR count). The SMILES string of the molecule is CCCCn1cc(OCc2ccccc2Br)c(=O)n(CCCC)c1=O. The molecule has 0 aliphatic heterocycles. The van der Waals surface area contributed by atoms with Crippen LogP contribution < -0.4 is 16.0 Å². The molecule has 6 heteroatoms. The van der Waals surface area contributed by atoms with E-state index < -0.39 is 0 Å². The Morgan fingerprint density at radius 2 is 1.72 bits per heavy atom. The van der Waals surface area contributed by atoms with E-state index in [2.05, 4.69) is 22.9 Å². The van der Waals surface area contributed by atoms with Gasteiger partial charge in [0.2, 0.25) is 5.75 Å². The van der Waals surface area contributed by atoms with Gasteiger partial charge in [-0.1, -0.05) is 60.8 Å². The van der Waals surface area contributed by atoms with Gasteiger partial charge in [-0.3, -0.25) is 13.9 Å². The number of unbranched alkanes of at least 4 members (excludes halogenated alkanes) is 2. The molecule has 0 amide bonds. The molecule has 0 saturated carbocycles. The van der Waals surface area contributed by atoms with Crippen molar-refractivity contribution in [1.29, 1.82) is 0 Å². The van der Waals surface area contributed by atoms with Crippen LogP contribution in [0.2, 0.25) is 0 Å². The van der Waals surface area contributed by atoms with Crippen molar-refractivity contribution in [3.05, 3.63) is 61.3 Å². The van der Waals surface area contributed by atoms with Crippen molar-refractivity contribution in [2.45, 2.75) is 59.2 Å². The summed E-state index contributed by atoms with van der Waals surface area (Å²) in [5.74, 6) is 0.225. The average molecular weight is 409 g/mol. The van der Waals surface area contributed by atoms with E-state index >= 15 is 0 Å². The molecular formula is C19H25BrN2O3. The first-order valence-electron chi connectivity index (χ1n) is 8.79. The van der Waals surface area contributed by atoms with Crippen LogP contribution in [0.15, 0.2) is 44.5 Å². The summed E-state index contributed by atoms with van der Waals surface area (Å²) < 4.78 is 9.60. The maximum Gasteiger partial charge on any atom is 0.331 e. The Labute approximate surface area is 156 Å². The minimum Gasteiger partial charge on any atom is -0.482 e. The van der Waals surface area contributed by atoms with Crippen LogP contribution in [0.5, 0.6) is 5.75 Å². The highest BCUT2D eigenvalue weighted by Gasteiger charge is 2.13. The third-order valence-corrected chi connectivity index (χ3v) is 4.81. The fraction of sp³-hybridized carbons (Fsp3) is 0.474. The van der Waals surface area contributed by atoms with Gasteiger partial charge in [0, 0.05) is 23.1 Å². The molecule has 0 saturated heterocycles. The van der Waals surface area contributed by atoms with Crippen LogP contribution in [0.3, 0.4) is 0 Å². The van der Waals surface area contributed by atoms with E-state index in [0.29, 0.717) is 13.1 Å². The number of hydrogen-bond donors (Lipinski definition) is 0. The molecule has 2 aromatic rings. The molecule has 0 fully saturated rings. The summed E-state index contributed by atoms with van der Waals surface area (Å²) in [7, 11) is 0. The van der Waals surface area contributed by atoms with Crippen molar-refractivity contribution in [3.8, 4) is 5.75 Å². The van der Waals surface area contributed by atoms with Gasteiger partial charge in [-0.2, -0.15) is 0 Å². The molecule has 0 bridgehead atoms. The van der Waals surface area contributed by atoms with E-state index in [1.165, 1.54) is 4.57 Å². The third kappa shape index (κ3) is 5.08. The molecule has 25 heavy (non-hydrogen) atoms. The van der Waals surface area contributed by atoms with Gasteiger partial charge in [-0.25, -0.2) is 4.79 Å². The zero-order valence-electron chi connectivity index (χ0n) is 14.8. The topological polar surface area (TPSA) is 53.2 Å². The summed E-state index contributed by atoms with van der Waals surface area (Å²) in [6, 6.07) is 7.72. The van der Waals surface area contributed by atoms with Gasteiger partial charge >= 0.3 is 5.69 Å². The van der Waals surface area contributed by atoms with Gasteiger partial charge in [0.25, 0.3) is 5.56 Å². The molecule has 136 valence electrons. The van der Waals surface area contributed by atoms with Gasteiger partial charge in [0.05, 0.1) is 6.20 Å². The first-order valence-corrected chi connectivity index (χ1v) is 9.58. The number of halogens is 1. The number of nitrogens with zero attached hydrogens (tertiary/aromatic N) is 2. The monoisotopic (exact) mass is 408 g/mol. The smallest absolute Gasteiger partial charge is 0.331 e. The molecule has 0 spiro atoms. The second kappa shape index (κ2) is 9.61. The van der Waals surface area contributed by atoms with Crippen LogP contribution in [0.1, 0.15) is 45.1 Å². The first-order chi connectivity index (χ1) is 12.1. The fourth-order valence-corrected chi connectivity index (χ4v) is 2.90. The molecule has 0 N–H and O–H groups in total. The van der Waals surface area contributed by atoms with Gasteiger partial charge in [-0.05, 0) is 18.9 Å². The van der Waals surface area contributed by atoms with Gasteiger partial charge in [-0.15, -0.1) is 0 Å². The van der Waals surface area contributed by atoms with Gasteiger partial charge in [0.15, 0.2) is 0 Å². The second-order valence-electron chi connectivity index (χ2n) is 6.01. The van der Waals surface area contributed by atoms with Crippen molar-refractivity contribution in [2.24, 2.45) is 0 Å². The molecular weight excluding hydrogens is 384 g/mol. The van der Waals surface area contributed by atoms with E-state index in [-0.39, 0.29) is 23.6 Å². The Hall–Kier alpha value is -1.82. The van der Waals surface area contributed by atoms with Gasteiger partial charge < -0.3 is 4.74 Å². The summed E-state index contributed by atoms with van der Waals surface area (Å²) in [6.45, 7) is 5.40. The predicted molar refractivity (Wildman–Crippen MR) is 103 cm³/mol. The molecule has 1 aromatic carbocycles. The van der Waals surface area contributed by atoms with E-state index in [1.807, 2.05) is 31.2 Å². The predicted octanol–water partition coefficient (Wildman–Crippen LogP) is 3.95. The van der Waals surface area contributed by atoms with Crippen LogP contribution in [-0.4, -0.2) is 9.13 Å². The lowest BCUT2D eigenvalue weighted by Gasteiger charge is -2.14. The lowest BCUT2D eigenvalue weighted by Crippen LogP contribution is -2.40. The summed E-state index contributed by atoms with van der Waals surface area (Å²) >= 11 is 3.48. The standard InChI is InChI=1S/C19H25BrN2O3/c1-3-5-11-21-13-17(18(23)22(19(21)24)12-6-4-2)25-14-15-9-7-8-10-16(15)20/h7-10,13H,3-6,11-12,14H2,1-2H3. The van der Waals surface area contributed by atoms with Crippen molar-refractivity contribution in [1.82, 2.24) is 9.13 Å². The van der Waals surface area contributed by atoms with Crippen molar-refractivity contribution >= 4 is 15.9 Å². The van der Waals surface area contributed by atoms with E-state index in [9.17, 15) is 9.59 Å². The zero-order chi connectivity index (χ0) is 18.2. The molecule has 0 unspecified atom stereocenters. The quantitative estimate of drug-likeness (QED) is 0.630. The average Bonchev–Trinajstić information content (AvgIpc) is 2.61. The van der Waals surface area contributed by atoms with E-state index in [4.69, 9.17) is 4.74 Å². The van der Waals surface area contributed by atoms with E-state index in [1.54, 1.807) is 10.8 Å². The highest BCUT2D eigenvalue weighted by molar-refractivity contribution is 9.10. The lowest BCUT2D eigenvalue weighted by atomic mass is 10.2. The molecule has 1 aromatic heterocycles. The number of benzene rings is 1. The van der Waals surface area contributed by atoms with Crippen LogP contribution in [0, 0.1) is 0 Å². The molecule has 0 radical (unpaired) electrons. The third-order valence-electron chi connectivity index (χ3n) is 4.03.